The molecule has 0 bridgehead atoms. The number of carbonyl (C=O) groups is 1. The van der Waals surface area contributed by atoms with Crippen LogP contribution >= 0.6 is 0 Å². The largest absolute Gasteiger partial charge is 0.394 e. The summed E-state index contributed by atoms with van der Waals surface area (Å²) in [6.45, 7) is 9.64. The molecular formula is C18H30N4O2. The van der Waals surface area contributed by atoms with Gasteiger partial charge in [-0.05, 0) is 38.7 Å². The Balaban J connectivity index is 1.91. The number of rotatable bonds is 6. The first-order chi connectivity index (χ1) is 11.4. The summed E-state index contributed by atoms with van der Waals surface area (Å²) in [5.74, 6) is 1.11. The standard InChI is InChI=1S/C18H30N4O2/c1-5-12(2)16(11-23)21-17(24)15-6-8-22(9-7-15)18-19-13(3)10-14(4)20-18/h10,12,15-16,23H,5-9,11H2,1-4H3,(H,21,24)/t12-,16-/m0/s1. The van der Waals surface area contributed by atoms with Crippen molar-refractivity contribution >= 4 is 11.9 Å². The molecule has 1 saturated heterocycles. The molecule has 1 aliphatic rings. The molecule has 1 aliphatic heterocycles. The van der Waals surface area contributed by atoms with E-state index in [1.165, 1.54) is 0 Å². The molecule has 0 radical (unpaired) electrons. The molecule has 0 saturated carbocycles. The minimum Gasteiger partial charge on any atom is -0.394 e. The van der Waals surface area contributed by atoms with Gasteiger partial charge in [0, 0.05) is 30.4 Å². The van der Waals surface area contributed by atoms with Crippen molar-refractivity contribution in [3.63, 3.8) is 0 Å². The summed E-state index contributed by atoms with van der Waals surface area (Å²) in [6, 6.07) is 1.82. The van der Waals surface area contributed by atoms with Crippen LogP contribution in [0.3, 0.4) is 0 Å². The van der Waals surface area contributed by atoms with Gasteiger partial charge in [-0.25, -0.2) is 9.97 Å². The van der Waals surface area contributed by atoms with Crippen LogP contribution in [-0.2, 0) is 4.79 Å². The second-order valence-electron chi connectivity index (χ2n) is 6.90. The van der Waals surface area contributed by atoms with E-state index in [0.717, 1.165) is 49.7 Å². The SMILES string of the molecule is CC[C@H](C)[C@H](CO)NC(=O)C1CCN(c2nc(C)cc(C)n2)CC1. The Hall–Kier alpha value is -1.69. The van der Waals surface area contributed by atoms with Gasteiger partial charge in [-0.2, -0.15) is 0 Å². The molecule has 1 amide bonds. The van der Waals surface area contributed by atoms with Crippen LogP contribution in [-0.4, -0.2) is 46.7 Å². The van der Waals surface area contributed by atoms with Crippen molar-refractivity contribution in [1.29, 1.82) is 0 Å². The number of aliphatic hydroxyl groups excluding tert-OH is 1. The number of aryl methyl sites for hydroxylation is 2. The van der Waals surface area contributed by atoms with Crippen molar-refractivity contribution in [2.45, 2.75) is 53.0 Å². The van der Waals surface area contributed by atoms with Gasteiger partial charge in [0.25, 0.3) is 0 Å². The van der Waals surface area contributed by atoms with E-state index in [0.29, 0.717) is 0 Å². The third-order valence-corrected chi connectivity index (χ3v) is 4.97. The lowest BCUT2D eigenvalue weighted by molar-refractivity contribution is -0.127. The minimum atomic E-state index is -0.150. The normalized spacial score (nSPS) is 18.3. The first kappa shape index (κ1) is 18.6. The van der Waals surface area contributed by atoms with Gasteiger partial charge in [-0.1, -0.05) is 20.3 Å². The fraction of sp³-hybridized carbons (Fsp3) is 0.722. The third kappa shape index (κ3) is 4.66. The highest BCUT2D eigenvalue weighted by atomic mass is 16.3. The average molecular weight is 334 g/mol. The van der Waals surface area contributed by atoms with Crippen molar-refractivity contribution in [1.82, 2.24) is 15.3 Å². The van der Waals surface area contributed by atoms with Gasteiger partial charge in [0.05, 0.1) is 12.6 Å². The van der Waals surface area contributed by atoms with Gasteiger partial charge < -0.3 is 15.3 Å². The first-order valence-electron chi connectivity index (χ1n) is 8.93. The number of carbonyl (C=O) groups excluding carboxylic acids is 1. The molecule has 0 spiro atoms. The second-order valence-corrected chi connectivity index (χ2v) is 6.90. The highest BCUT2D eigenvalue weighted by molar-refractivity contribution is 5.79. The number of hydrogen-bond acceptors (Lipinski definition) is 5. The lowest BCUT2D eigenvalue weighted by atomic mass is 9.94. The third-order valence-electron chi connectivity index (χ3n) is 4.97. The van der Waals surface area contributed by atoms with E-state index in [1.54, 1.807) is 0 Å². The van der Waals surface area contributed by atoms with E-state index < -0.39 is 0 Å². The number of piperidine rings is 1. The number of amides is 1. The van der Waals surface area contributed by atoms with Crippen LogP contribution in [0.4, 0.5) is 5.95 Å². The number of hydrogen-bond donors (Lipinski definition) is 2. The average Bonchev–Trinajstić information content (AvgIpc) is 2.58. The lowest BCUT2D eigenvalue weighted by Crippen LogP contribution is -2.47. The molecule has 2 atom stereocenters. The Morgan fingerprint density at radius 3 is 2.42 bits per heavy atom. The summed E-state index contributed by atoms with van der Waals surface area (Å²) >= 11 is 0. The molecular weight excluding hydrogens is 304 g/mol. The Morgan fingerprint density at radius 1 is 1.33 bits per heavy atom. The van der Waals surface area contributed by atoms with E-state index in [1.807, 2.05) is 19.9 Å². The maximum atomic E-state index is 12.5. The van der Waals surface area contributed by atoms with Gasteiger partial charge in [-0.15, -0.1) is 0 Å². The summed E-state index contributed by atoms with van der Waals surface area (Å²) in [4.78, 5) is 23.6. The van der Waals surface area contributed by atoms with Gasteiger partial charge >= 0.3 is 0 Å². The molecule has 1 aromatic heterocycles. The van der Waals surface area contributed by atoms with Crippen molar-refractivity contribution in [3.05, 3.63) is 17.5 Å². The van der Waals surface area contributed by atoms with Crippen LogP contribution in [0.2, 0.25) is 0 Å². The molecule has 6 nitrogen and oxygen atoms in total. The van der Waals surface area contributed by atoms with Gasteiger partial charge in [-0.3, -0.25) is 4.79 Å². The number of nitrogens with zero attached hydrogens (tertiary/aromatic N) is 3. The van der Waals surface area contributed by atoms with Crippen LogP contribution in [0, 0.1) is 25.7 Å². The van der Waals surface area contributed by atoms with E-state index in [9.17, 15) is 9.90 Å². The summed E-state index contributed by atoms with van der Waals surface area (Å²) < 4.78 is 0. The Morgan fingerprint density at radius 2 is 1.92 bits per heavy atom. The monoisotopic (exact) mass is 334 g/mol. The van der Waals surface area contributed by atoms with E-state index in [-0.39, 0.29) is 30.4 Å². The quantitative estimate of drug-likeness (QED) is 0.830. The maximum absolute atomic E-state index is 12.5. The zero-order valence-electron chi connectivity index (χ0n) is 15.2. The molecule has 2 N–H and O–H groups in total. The van der Waals surface area contributed by atoms with E-state index in [2.05, 4.69) is 34.0 Å². The fourth-order valence-electron chi connectivity index (χ4n) is 3.14. The molecule has 2 rings (SSSR count). The van der Waals surface area contributed by atoms with Gasteiger partial charge in [0.15, 0.2) is 0 Å². The molecule has 1 fully saturated rings. The number of nitrogens with one attached hydrogen (secondary N) is 1. The molecule has 2 heterocycles. The van der Waals surface area contributed by atoms with Crippen LogP contribution < -0.4 is 10.2 Å². The predicted molar refractivity (Wildman–Crippen MR) is 94.9 cm³/mol. The maximum Gasteiger partial charge on any atom is 0.225 e. The molecule has 134 valence electrons. The summed E-state index contributed by atoms with van der Waals surface area (Å²) in [7, 11) is 0. The molecule has 0 aliphatic carbocycles. The van der Waals surface area contributed by atoms with Gasteiger partial charge in [0.2, 0.25) is 11.9 Å². The van der Waals surface area contributed by atoms with Crippen molar-refractivity contribution in [2.75, 3.05) is 24.6 Å². The topological polar surface area (TPSA) is 78.4 Å². The van der Waals surface area contributed by atoms with Crippen LogP contribution in [0.25, 0.3) is 0 Å². The van der Waals surface area contributed by atoms with Crippen LogP contribution in [0.1, 0.15) is 44.5 Å². The zero-order chi connectivity index (χ0) is 17.7. The summed E-state index contributed by atoms with van der Waals surface area (Å²) in [6.07, 6.45) is 2.52. The van der Waals surface area contributed by atoms with Gasteiger partial charge in [0.1, 0.15) is 0 Å². The smallest absolute Gasteiger partial charge is 0.225 e. The first-order valence-corrected chi connectivity index (χ1v) is 8.93. The number of aromatic nitrogens is 2. The molecule has 6 heteroatoms. The van der Waals surface area contributed by atoms with Crippen LogP contribution in [0.15, 0.2) is 6.07 Å². The number of aliphatic hydroxyl groups is 1. The minimum absolute atomic E-state index is 0.00397. The van der Waals surface area contributed by atoms with E-state index in [4.69, 9.17) is 0 Å². The Labute approximate surface area is 144 Å². The Bertz CT molecular complexity index is 536. The van der Waals surface area contributed by atoms with E-state index >= 15 is 0 Å². The molecule has 0 unspecified atom stereocenters. The molecule has 0 aromatic carbocycles. The highest BCUT2D eigenvalue weighted by Crippen LogP contribution is 2.22. The second kappa shape index (κ2) is 8.42. The molecule has 1 aromatic rings. The fourth-order valence-corrected chi connectivity index (χ4v) is 3.14. The predicted octanol–water partition coefficient (Wildman–Crippen LogP) is 1.83. The zero-order valence-corrected chi connectivity index (χ0v) is 15.2. The summed E-state index contributed by atoms with van der Waals surface area (Å²) in [5.41, 5.74) is 1.94. The Kier molecular flexibility index (Phi) is 6.54. The summed E-state index contributed by atoms with van der Waals surface area (Å²) in [5, 5.41) is 12.5. The molecule has 24 heavy (non-hydrogen) atoms. The van der Waals surface area contributed by atoms with Crippen molar-refractivity contribution < 1.29 is 9.90 Å². The highest BCUT2D eigenvalue weighted by Gasteiger charge is 2.28. The lowest BCUT2D eigenvalue weighted by Gasteiger charge is -2.33. The van der Waals surface area contributed by atoms with Crippen molar-refractivity contribution in [2.24, 2.45) is 11.8 Å². The van der Waals surface area contributed by atoms with Crippen LogP contribution in [0.5, 0.6) is 0 Å². The van der Waals surface area contributed by atoms with Crippen molar-refractivity contribution in [3.8, 4) is 0 Å². The number of anilines is 1.